The summed E-state index contributed by atoms with van der Waals surface area (Å²) >= 11 is 0. The summed E-state index contributed by atoms with van der Waals surface area (Å²) in [7, 11) is 1.35. The van der Waals surface area contributed by atoms with Crippen molar-refractivity contribution >= 4 is 5.91 Å². The number of rotatable bonds is 11. The van der Waals surface area contributed by atoms with Crippen molar-refractivity contribution < 1.29 is 24.2 Å². The van der Waals surface area contributed by atoms with Gasteiger partial charge in [-0.15, -0.1) is 6.58 Å². The molecule has 6 heteroatoms. The minimum atomic E-state index is -0.258. The SMILES string of the molecule is C=CCOC[C@@H]1[C@H](COCCCCC(=O)N(C)O)[C@@H]2CC[C@H]1O2. The number of carbonyl (C=O) groups excluding carboxylic acids is 1. The molecular weight excluding hydrogens is 298 g/mol. The maximum atomic E-state index is 11.2. The first-order chi connectivity index (χ1) is 11.1. The summed E-state index contributed by atoms with van der Waals surface area (Å²) in [6.07, 6.45) is 6.53. The van der Waals surface area contributed by atoms with Crippen LogP contribution in [0.3, 0.4) is 0 Å². The average molecular weight is 327 g/mol. The lowest BCUT2D eigenvalue weighted by Gasteiger charge is -2.27. The molecule has 1 N–H and O–H groups in total. The van der Waals surface area contributed by atoms with Gasteiger partial charge in [-0.1, -0.05) is 6.08 Å². The lowest BCUT2D eigenvalue weighted by molar-refractivity contribution is -0.159. The van der Waals surface area contributed by atoms with E-state index >= 15 is 0 Å². The minimum absolute atomic E-state index is 0.258. The van der Waals surface area contributed by atoms with Crippen molar-refractivity contribution in [3.63, 3.8) is 0 Å². The van der Waals surface area contributed by atoms with Crippen LogP contribution in [-0.2, 0) is 19.0 Å². The number of hydrogen-bond donors (Lipinski definition) is 1. The van der Waals surface area contributed by atoms with E-state index in [1.54, 1.807) is 6.08 Å². The molecule has 1 amide bonds. The lowest BCUT2D eigenvalue weighted by Crippen LogP contribution is -2.34. The molecule has 6 nitrogen and oxygen atoms in total. The Kier molecular flexibility index (Phi) is 7.49. The third-order valence-electron chi connectivity index (χ3n) is 4.74. The van der Waals surface area contributed by atoms with E-state index in [1.807, 2.05) is 0 Å². The van der Waals surface area contributed by atoms with Crippen LogP contribution in [0.4, 0.5) is 0 Å². The van der Waals surface area contributed by atoms with Crippen LogP contribution in [0.2, 0.25) is 0 Å². The van der Waals surface area contributed by atoms with Crippen LogP contribution < -0.4 is 0 Å². The maximum absolute atomic E-state index is 11.2. The fraction of sp³-hybridized carbons (Fsp3) is 0.824. The normalized spacial score (nSPS) is 29.0. The summed E-state index contributed by atoms with van der Waals surface area (Å²) in [6.45, 7) is 6.28. The summed E-state index contributed by atoms with van der Waals surface area (Å²) < 4.78 is 17.4. The summed E-state index contributed by atoms with van der Waals surface area (Å²) in [5.74, 6) is 0.563. The second-order valence-electron chi connectivity index (χ2n) is 6.39. The van der Waals surface area contributed by atoms with E-state index in [9.17, 15) is 4.79 Å². The number of hydroxylamine groups is 2. The zero-order chi connectivity index (χ0) is 16.7. The van der Waals surface area contributed by atoms with Gasteiger partial charge in [0.2, 0.25) is 5.91 Å². The molecule has 0 unspecified atom stereocenters. The van der Waals surface area contributed by atoms with Gasteiger partial charge in [-0.05, 0) is 25.7 Å². The van der Waals surface area contributed by atoms with Gasteiger partial charge in [0.05, 0.1) is 32.0 Å². The third kappa shape index (κ3) is 5.28. The van der Waals surface area contributed by atoms with E-state index < -0.39 is 0 Å². The van der Waals surface area contributed by atoms with Gasteiger partial charge in [0.1, 0.15) is 0 Å². The molecule has 2 aliphatic heterocycles. The van der Waals surface area contributed by atoms with Crippen molar-refractivity contribution in [2.75, 3.05) is 33.5 Å². The maximum Gasteiger partial charge on any atom is 0.245 e. The van der Waals surface area contributed by atoms with Crippen molar-refractivity contribution in [2.24, 2.45) is 11.8 Å². The third-order valence-corrected chi connectivity index (χ3v) is 4.74. The Morgan fingerprint density at radius 3 is 2.52 bits per heavy atom. The van der Waals surface area contributed by atoms with Crippen molar-refractivity contribution in [2.45, 2.75) is 44.3 Å². The van der Waals surface area contributed by atoms with Crippen molar-refractivity contribution in [3.8, 4) is 0 Å². The molecule has 2 bridgehead atoms. The van der Waals surface area contributed by atoms with Crippen LogP contribution in [-0.4, -0.2) is 61.9 Å². The molecule has 2 aliphatic rings. The largest absolute Gasteiger partial charge is 0.381 e. The van der Waals surface area contributed by atoms with E-state index in [2.05, 4.69) is 6.58 Å². The number of hydrogen-bond acceptors (Lipinski definition) is 5. The first-order valence-corrected chi connectivity index (χ1v) is 8.50. The van der Waals surface area contributed by atoms with Crippen LogP contribution in [0.15, 0.2) is 12.7 Å². The molecule has 23 heavy (non-hydrogen) atoms. The van der Waals surface area contributed by atoms with Crippen LogP contribution in [0.1, 0.15) is 32.1 Å². The van der Waals surface area contributed by atoms with Crippen molar-refractivity contribution in [1.29, 1.82) is 0 Å². The van der Waals surface area contributed by atoms with Gasteiger partial charge in [-0.25, -0.2) is 5.06 Å². The van der Waals surface area contributed by atoms with Gasteiger partial charge in [-0.3, -0.25) is 10.0 Å². The van der Waals surface area contributed by atoms with E-state index in [0.29, 0.717) is 62.0 Å². The molecule has 0 saturated carbocycles. The van der Waals surface area contributed by atoms with Crippen LogP contribution >= 0.6 is 0 Å². The monoisotopic (exact) mass is 327 g/mol. The van der Waals surface area contributed by atoms with Gasteiger partial charge < -0.3 is 14.2 Å². The topological polar surface area (TPSA) is 68.2 Å². The predicted octanol–water partition coefficient (Wildman–Crippen LogP) is 2.02. The van der Waals surface area contributed by atoms with E-state index in [0.717, 1.165) is 25.7 Å². The highest BCUT2D eigenvalue weighted by Gasteiger charge is 2.48. The molecule has 2 heterocycles. The minimum Gasteiger partial charge on any atom is -0.381 e. The first kappa shape index (κ1) is 18.4. The van der Waals surface area contributed by atoms with Crippen molar-refractivity contribution in [3.05, 3.63) is 12.7 Å². The van der Waals surface area contributed by atoms with Gasteiger partial charge >= 0.3 is 0 Å². The quantitative estimate of drug-likeness (QED) is 0.272. The molecule has 4 atom stereocenters. The Labute approximate surface area is 138 Å². The summed E-state index contributed by atoms with van der Waals surface area (Å²) in [6, 6.07) is 0. The highest BCUT2D eigenvalue weighted by Crippen LogP contribution is 2.43. The molecule has 0 spiro atoms. The van der Waals surface area contributed by atoms with Gasteiger partial charge in [0.25, 0.3) is 0 Å². The first-order valence-electron chi connectivity index (χ1n) is 8.50. The van der Waals surface area contributed by atoms with Crippen LogP contribution in [0.5, 0.6) is 0 Å². The summed E-state index contributed by atoms with van der Waals surface area (Å²) in [5, 5.41) is 9.61. The van der Waals surface area contributed by atoms with E-state index in [4.69, 9.17) is 19.4 Å². The molecule has 0 aliphatic carbocycles. The lowest BCUT2D eigenvalue weighted by atomic mass is 9.80. The number of unbranched alkanes of at least 4 members (excludes halogenated alkanes) is 1. The fourth-order valence-corrected chi connectivity index (χ4v) is 3.48. The predicted molar refractivity (Wildman–Crippen MR) is 85.1 cm³/mol. The smallest absolute Gasteiger partial charge is 0.245 e. The molecular formula is C17H29NO5. The Balaban J connectivity index is 1.61. The van der Waals surface area contributed by atoms with Gasteiger partial charge in [-0.2, -0.15) is 0 Å². The second kappa shape index (κ2) is 9.37. The van der Waals surface area contributed by atoms with Crippen LogP contribution in [0.25, 0.3) is 0 Å². The number of amides is 1. The van der Waals surface area contributed by atoms with Crippen molar-refractivity contribution in [1.82, 2.24) is 5.06 Å². The van der Waals surface area contributed by atoms with E-state index in [-0.39, 0.29) is 5.91 Å². The highest BCUT2D eigenvalue weighted by molar-refractivity contribution is 5.74. The number of carbonyl (C=O) groups is 1. The molecule has 0 radical (unpaired) electrons. The highest BCUT2D eigenvalue weighted by atomic mass is 16.5. The second-order valence-corrected chi connectivity index (χ2v) is 6.39. The Bertz CT molecular complexity index is 387. The van der Waals surface area contributed by atoms with Crippen LogP contribution in [0, 0.1) is 11.8 Å². The summed E-state index contributed by atoms with van der Waals surface area (Å²) in [5.41, 5.74) is 0. The molecule has 0 aromatic carbocycles. The molecule has 2 fully saturated rings. The zero-order valence-corrected chi connectivity index (χ0v) is 14.0. The number of fused-ring (bicyclic) bond motifs is 2. The molecule has 2 rings (SSSR count). The number of ether oxygens (including phenoxy) is 3. The Hall–Kier alpha value is -0.950. The number of nitrogens with zero attached hydrogens (tertiary/aromatic N) is 1. The Morgan fingerprint density at radius 2 is 1.91 bits per heavy atom. The molecule has 2 saturated heterocycles. The molecule has 0 aromatic rings. The Morgan fingerprint density at radius 1 is 1.26 bits per heavy atom. The average Bonchev–Trinajstić information content (AvgIpc) is 3.12. The molecule has 132 valence electrons. The van der Waals surface area contributed by atoms with Gasteiger partial charge in [0.15, 0.2) is 0 Å². The van der Waals surface area contributed by atoms with Gasteiger partial charge in [0, 0.05) is 31.9 Å². The van der Waals surface area contributed by atoms with E-state index in [1.165, 1.54) is 7.05 Å². The zero-order valence-electron chi connectivity index (χ0n) is 14.0. The standard InChI is InChI=1S/C17H29NO5/c1-3-9-21-11-13-14(16-8-7-15(13)23-16)12-22-10-5-4-6-17(19)18(2)20/h3,13-16,20H,1,4-12H2,2H3/t13-,14+,15-,16+/m1/s1. The summed E-state index contributed by atoms with van der Waals surface area (Å²) in [4.78, 5) is 11.2. The fourth-order valence-electron chi connectivity index (χ4n) is 3.48. The molecule has 0 aromatic heterocycles.